The summed E-state index contributed by atoms with van der Waals surface area (Å²) in [6.45, 7) is 2.10. The maximum atomic E-state index is 5.67. The lowest BCUT2D eigenvalue weighted by atomic mass is 10.0. The van der Waals surface area contributed by atoms with E-state index in [1.54, 1.807) is 18.4 Å². The maximum absolute atomic E-state index is 5.67. The molecule has 2 rings (SSSR count). The molecule has 0 saturated carbocycles. The second kappa shape index (κ2) is 6.00. The van der Waals surface area contributed by atoms with Gasteiger partial charge in [-0.2, -0.15) is 0 Å². The third-order valence-electron chi connectivity index (χ3n) is 2.92. The van der Waals surface area contributed by atoms with Crippen molar-refractivity contribution in [3.05, 3.63) is 51.7 Å². The van der Waals surface area contributed by atoms with Gasteiger partial charge in [0, 0.05) is 0 Å². The molecule has 0 amide bonds. The third kappa shape index (κ3) is 2.90. The van der Waals surface area contributed by atoms with Gasteiger partial charge in [-0.05, 0) is 30.4 Å². The van der Waals surface area contributed by atoms with Crippen LogP contribution in [0.15, 0.2) is 35.7 Å². The van der Waals surface area contributed by atoms with E-state index in [0.717, 1.165) is 17.0 Å². The molecule has 0 spiro atoms. The molecule has 0 radical (unpaired) electrons. The van der Waals surface area contributed by atoms with Crippen molar-refractivity contribution in [3.8, 4) is 5.75 Å². The van der Waals surface area contributed by atoms with Crippen molar-refractivity contribution in [1.29, 1.82) is 0 Å². The van der Waals surface area contributed by atoms with Crippen LogP contribution in [0.5, 0.6) is 5.75 Å². The zero-order chi connectivity index (χ0) is 13.0. The van der Waals surface area contributed by atoms with E-state index in [1.165, 1.54) is 11.1 Å². The van der Waals surface area contributed by atoms with Gasteiger partial charge < -0.3 is 4.74 Å². The smallest absolute Gasteiger partial charge is 0.134 e. The molecule has 0 aliphatic heterocycles. The number of nitrogens with one attached hydrogen (secondary N) is 1. The first-order chi connectivity index (χ1) is 8.74. The Kier molecular flexibility index (Phi) is 4.36. The molecule has 2 aromatic rings. The summed E-state index contributed by atoms with van der Waals surface area (Å²) >= 11 is 1.66. The van der Waals surface area contributed by atoms with Crippen LogP contribution in [-0.4, -0.2) is 7.11 Å². The van der Waals surface area contributed by atoms with Gasteiger partial charge >= 0.3 is 0 Å². The Morgan fingerprint density at radius 3 is 2.89 bits per heavy atom. The summed E-state index contributed by atoms with van der Waals surface area (Å²) in [6.07, 6.45) is 0.856. The Morgan fingerprint density at radius 1 is 1.39 bits per heavy atom. The molecule has 0 saturated heterocycles. The summed E-state index contributed by atoms with van der Waals surface area (Å²) in [5, 5.41) is 2.02. The van der Waals surface area contributed by atoms with Gasteiger partial charge in [0.25, 0.3) is 0 Å². The highest BCUT2D eigenvalue weighted by molar-refractivity contribution is 7.10. The van der Waals surface area contributed by atoms with Gasteiger partial charge in [0.05, 0.1) is 18.0 Å². The largest absolute Gasteiger partial charge is 0.496 e. The molecule has 0 aliphatic rings. The summed E-state index contributed by atoms with van der Waals surface area (Å²) in [5.74, 6) is 6.57. The van der Waals surface area contributed by atoms with Gasteiger partial charge in [0.2, 0.25) is 0 Å². The van der Waals surface area contributed by atoms with Crippen molar-refractivity contribution in [2.45, 2.75) is 19.4 Å². The van der Waals surface area contributed by atoms with Gasteiger partial charge in [-0.15, -0.1) is 11.3 Å². The predicted molar refractivity (Wildman–Crippen MR) is 75.8 cm³/mol. The van der Waals surface area contributed by atoms with Gasteiger partial charge in [-0.25, -0.2) is 0 Å². The van der Waals surface area contributed by atoms with Crippen LogP contribution < -0.4 is 16.0 Å². The molecule has 1 aromatic heterocycles. The summed E-state index contributed by atoms with van der Waals surface area (Å²) < 4.78 is 5.34. The molecule has 1 aromatic carbocycles. The van der Waals surface area contributed by atoms with Crippen LogP contribution in [-0.2, 0) is 6.42 Å². The maximum Gasteiger partial charge on any atom is 0.134 e. The van der Waals surface area contributed by atoms with Crippen LogP contribution in [0.25, 0.3) is 0 Å². The molecular formula is C14H18N2OS. The average molecular weight is 262 g/mol. The fourth-order valence-corrected chi connectivity index (χ4v) is 2.96. The second-order valence-corrected chi connectivity index (χ2v) is 5.21. The number of benzene rings is 1. The molecule has 3 N–H and O–H groups in total. The van der Waals surface area contributed by atoms with E-state index in [-0.39, 0.29) is 6.04 Å². The number of nitrogens with two attached hydrogens (primary N) is 1. The third-order valence-corrected chi connectivity index (χ3v) is 3.93. The number of thiophene rings is 1. The van der Waals surface area contributed by atoms with Crippen LogP contribution in [0, 0.1) is 6.92 Å². The Hall–Kier alpha value is -1.36. The minimum absolute atomic E-state index is 0.0850. The zero-order valence-electron chi connectivity index (χ0n) is 10.6. The van der Waals surface area contributed by atoms with E-state index in [0.29, 0.717) is 0 Å². The number of hydrogen-bond acceptors (Lipinski definition) is 4. The molecule has 96 valence electrons. The van der Waals surface area contributed by atoms with E-state index < -0.39 is 0 Å². The van der Waals surface area contributed by atoms with E-state index in [9.17, 15) is 0 Å². The molecule has 0 fully saturated rings. The molecule has 1 heterocycles. The number of ether oxygens (including phenoxy) is 1. The molecule has 0 aliphatic carbocycles. The van der Waals surface area contributed by atoms with Gasteiger partial charge in [0.15, 0.2) is 0 Å². The highest BCUT2D eigenvalue weighted by Crippen LogP contribution is 2.32. The minimum Gasteiger partial charge on any atom is -0.496 e. The van der Waals surface area contributed by atoms with E-state index in [4.69, 9.17) is 10.6 Å². The summed E-state index contributed by atoms with van der Waals surface area (Å²) in [5.41, 5.74) is 5.41. The topological polar surface area (TPSA) is 47.3 Å². The number of aryl methyl sites for hydroxylation is 1. The Balaban J connectivity index is 2.20. The highest BCUT2D eigenvalue weighted by Gasteiger charge is 2.16. The van der Waals surface area contributed by atoms with Crippen molar-refractivity contribution < 1.29 is 4.74 Å². The molecular weight excluding hydrogens is 244 g/mol. The van der Waals surface area contributed by atoms with Crippen LogP contribution in [0.1, 0.15) is 22.0 Å². The van der Waals surface area contributed by atoms with Crippen molar-refractivity contribution in [2.75, 3.05) is 7.11 Å². The lowest BCUT2D eigenvalue weighted by molar-refractivity contribution is 0.403. The van der Waals surface area contributed by atoms with E-state index in [1.807, 2.05) is 11.4 Å². The second-order valence-electron chi connectivity index (χ2n) is 4.27. The minimum atomic E-state index is 0.0850. The quantitative estimate of drug-likeness (QED) is 0.643. The van der Waals surface area contributed by atoms with Crippen LogP contribution in [0.4, 0.5) is 0 Å². The fourth-order valence-electron chi connectivity index (χ4n) is 2.03. The van der Waals surface area contributed by atoms with Gasteiger partial charge in [-0.1, -0.05) is 29.8 Å². The van der Waals surface area contributed by atoms with Crippen molar-refractivity contribution in [1.82, 2.24) is 5.43 Å². The molecule has 18 heavy (non-hydrogen) atoms. The van der Waals surface area contributed by atoms with E-state index in [2.05, 4.69) is 36.6 Å². The molecule has 3 nitrogen and oxygen atoms in total. The van der Waals surface area contributed by atoms with Crippen molar-refractivity contribution >= 4 is 11.3 Å². The normalized spacial score (nSPS) is 12.4. The summed E-state index contributed by atoms with van der Waals surface area (Å²) in [7, 11) is 1.69. The number of rotatable bonds is 5. The first-order valence-corrected chi connectivity index (χ1v) is 6.75. The SMILES string of the molecule is COc1ccsc1C(Cc1cccc(C)c1)NN. The molecule has 0 bridgehead atoms. The van der Waals surface area contributed by atoms with E-state index >= 15 is 0 Å². The van der Waals surface area contributed by atoms with Crippen LogP contribution in [0.2, 0.25) is 0 Å². The highest BCUT2D eigenvalue weighted by atomic mass is 32.1. The van der Waals surface area contributed by atoms with Crippen LogP contribution in [0.3, 0.4) is 0 Å². The van der Waals surface area contributed by atoms with Gasteiger partial charge in [0.1, 0.15) is 5.75 Å². The fraction of sp³-hybridized carbons (Fsp3) is 0.286. The van der Waals surface area contributed by atoms with Gasteiger partial charge in [-0.3, -0.25) is 11.3 Å². The Bertz CT molecular complexity index is 510. The number of methoxy groups -OCH3 is 1. The average Bonchev–Trinajstić information content (AvgIpc) is 2.84. The molecule has 1 unspecified atom stereocenters. The lowest BCUT2D eigenvalue weighted by Gasteiger charge is -2.16. The number of hydrazine groups is 1. The first kappa shape index (κ1) is 13.1. The Labute approximate surface area is 112 Å². The lowest BCUT2D eigenvalue weighted by Crippen LogP contribution is -2.29. The number of hydrogen-bond donors (Lipinski definition) is 2. The summed E-state index contributed by atoms with van der Waals surface area (Å²) in [4.78, 5) is 1.14. The zero-order valence-corrected chi connectivity index (χ0v) is 11.5. The van der Waals surface area contributed by atoms with Crippen molar-refractivity contribution in [3.63, 3.8) is 0 Å². The predicted octanol–water partition coefficient (Wildman–Crippen LogP) is 2.81. The standard InChI is InChI=1S/C14H18N2OS/c1-10-4-3-5-11(8-10)9-12(16-15)14-13(17-2)6-7-18-14/h3-8,12,16H,9,15H2,1-2H3. The first-order valence-electron chi connectivity index (χ1n) is 5.87. The molecule has 4 heteroatoms. The molecule has 1 atom stereocenters. The van der Waals surface area contributed by atoms with Crippen molar-refractivity contribution in [2.24, 2.45) is 5.84 Å². The Morgan fingerprint density at radius 2 is 2.22 bits per heavy atom. The summed E-state index contributed by atoms with van der Waals surface area (Å²) in [6, 6.07) is 10.5. The monoisotopic (exact) mass is 262 g/mol. The van der Waals surface area contributed by atoms with Crippen LogP contribution >= 0.6 is 11.3 Å².